The van der Waals surface area contributed by atoms with Crippen molar-refractivity contribution in [2.24, 2.45) is 5.14 Å². The first kappa shape index (κ1) is 17.3. The van der Waals surface area contributed by atoms with E-state index in [0.717, 1.165) is 0 Å². The molecule has 0 amide bonds. The van der Waals surface area contributed by atoms with Crippen LogP contribution in [0.25, 0.3) is 16.7 Å². The molecule has 3 aromatic rings. The van der Waals surface area contributed by atoms with Gasteiger partial charge in [-0.15, -0.1) is 5.10 Å². The molecule has 0 saturated carbocycles. The summed E-state index contributed by atoms with van der Waals surface area (Å²) in [6.07, 6.45) is 0. The maximum absolute atomic E-state index is 14.4. The molecule has 0 spiro atoms. The molecular weight excluding hydrogens is 349 g/mol. The smallest absolute Gasteiger partial charge is 0.274 e. The van der Waals surface area contributed by atoms with Gasteiger partial charge in [0.15, 0.2) is 0 Å². The number of hydrogen-bond donors (Lipinski definition) is 2. The van der Waals surface area contributed by atoms with Gasteiger partial charge in [-0.05, 0) is 36.8 Å². The summed E-state index contributed by atoms with van der Waals surface area (Å²) in [5.74, 6) is 0.0985. The first-order valence-electron chi connectivity index (χ1n) is 7.42. The second-order valence-electron chi connectivity index (χ2n) is 5.24. The van der Waals surface area contributed by atoms with Crippen LogP contribution >= 0.6 is 0 Å². The van der Waals surface area contributed by atoms with E-state index in [4.69, 9.17) is 9.88 Å². The highest BCUT2D eigenvalue weighted by atomic mass is 32.2. The van der Waals surface area contributed by atoms with E-state index < -0.39 is 16.0 Å². The van der Waals surface area contributed by atoms with Gasteiger partial charge in [-0.3, -0.25) is 0 Å². The van der Waals surface area contributed by atoms with E-state index in [1.807, 2.05) is 6.92 Å². The number of nitrogens with two attached hydrogens (primary N) is 1. The van der Waals surface area contributed by atoms with Gasteiger partial charge in [0.2, 0.25) is 0 Å². The molecule has 1 heterocycles. The first-order chi connectivity index (χ1) is 11.9. The lowest BCUT2D eigenvalue weighted by atomic mass is 10.2. The summed E-state index contributed by atoms with van der Waals surface area (Å²) in [6, 6.07) is 9.53. The summed E-state index contributed by atoms with van der Waals surface area (Å²) in [6.45, 7) is 2.30. The number of fused-ring (bicyclic) bond motifs is 1. The minimum atomic E-state index is -3.84. The van der Waals surface area contributed by atoms with Crippen molar-refractivity contribution < 1.29 is 17.5 Å². The molecule has 10 heteroatoms. The van der Waals surface area contributed by atoms with Crippen LogP contribution in [-0.4, -0.2) is 30.0 Å². The molecule has 132 valence electrons. The molecule has 1 aromatic heterocycles. The average molecular weight is 365 g/mol. The minimum absolute atomic E-state index is 0.105. The first-order valence-corrected chi connectivity index (χ1v) is 8.96. The van der Waals surface area contributed by atoms with Crippen LogP contribution in [0, 0.1) is 5.82 Å². The number of benzene rings is 2. The number of rotatable bonds is 6. The van der Waals surface area contributed by atoms with Crippen molar-refractivity contribution in [2.75, 3.05) is 6.61 Å². The molecule has 2 aromatic carbocycles. The van der Waals surface area contributed by atoms with Crippen LogP contribution in [0.15, 0.2) is 36.4 Å². The maximum Gasteiger partial charge on any atom is 0.274 e. The Morgan fingerprint density at radius 1 is 1.28 bits per heavy atom. The topological polar surface area (TPSA) is 112 Å². The number of aromatic nitrogens is 3. The van der Waals surface area contributed by atoms with Gasteiger partial charge in [0, 0.05) is 12.6 Å². The Labute approximate surface area is 143 Å². The minimum Gasteiger partial charge on any atom is -0.494 e. The molecule has 0 unspecified atom stereocenters. The highest BCUT2D eigenvalue weighted by Gasteiger charge is 2.13. The summed E-state index contributed by atoms with van der Waals surface area (Å²) in [5.41, 5.74) is 1.83. The van der Waals surface area contributed by atoms with Crippen molar-refractivity contribution >= 4 is 21.2 Å². The van der Waals surface area contributed by atoms with E-state index in [0.29, 0.717) is 29.0 Å². The lowest BCUT2D eigenvalue weighted by molar-refractivity contribution is 0.340. The van der Waals surface area contributed by atoms with E-state index in [-0.39, 0.29) is 12.2 Å². The van der Waals surface area contributed by atoms with E-state index in [1.165, 1.54) is 16.8 Å². The number of hydrogen-bond acceptors (Lipinski definition) is 5. The Morgan fingerprint density at radius 3 is 2.76 bits per heavy atom. The third-order valence-electron chi connectivity index (χ3n) is 3.45. The summed E-state index contributed by atoms with van der Waals surface area (Å²) < 4.78 is 45.1. The van der Waals surface area contributed by atoms with Crippen LogP contribution in [0.4, 0.5) is 4.39 Å². The summed E-state index contributed by atoms with van der Waals surface area (Å²) in [7, 11) is -3.84. The molecule has 0 aliphatic heterocycles. The molecule has 0 saturated heterocycles. The van der Waals surface area contributed by atoms with Crippen LogP contribution in [0.1, 0.15) is 12.5 Å². The molecule has 25 heavy (non-hydrogen) atoms. The largest absolute Gasteiger partial charge is 0.494 e. The van der Waals surface area contributed by atoms with Crippen molar-refractivity contribution in [3.63, 3.8) is 0 Å². The normalized spacial score (nSPS) is 11.8. The fraction of sp³-hybridized carbons (Fsp3) is 0.200. The zero-order valence-corrected chi connectivity index (χ0v) is 14.1. The third-order valence-corrected chi connectivity index (χ3v) is 3.99. The SMILES string of the molecule is CCOc1ccc2c(c1)nnn2-c1ccc(CNS(N)(=O)=O)cc1F. The highest BCUT2D eigenvalue weighted by molar-refractivity contribution is 7.87. The molecular formula is C15H16FN5O3S. The molecule has 0 aliphatic rings. The second kappa shape index (κ2) is 6.75. The quantitative estimate of drug-likeness (QED) is 0.683. The lowest BCUT2D eigenvalue weighted by Crippen LogP contribution is -2.30. The number of nitrogens with one attached hydrogen (secondary N) is 1. The molecule has 0 radical (unpaired) electrons. The number of halogens is 1. The molecule has 3 N–H and O–H groups in total. The standard InChI is InChI=1S/C15H16FN5O3S/c1-2-24-11-4-6-15-13(8-11)19-20-21(15)14-5-3-10(7-12(14)16)9-18-25(17,22)23/h3-8,18H,2,9H2,1H3,(H2,17,22,23). The molecule has 8 nitrogen and oxygen atoms in total. The van der Waals surface area contributed by atoms with E-state index in [9.17, 15) is 12.8 Å². The lowest BCUT2D eigenvalue weighted by Gasteiger charge is -2.07. The number of ether oxygens (including phenoxy) is 1. The van der Waals surface area contributed by atoms with Gasteiger partial charge >= 0.3 is 0 Å². The zero-order chi connectivity index (χ0) is 18.0. The van der Waals surface area contributed by atoms with Gasteiger partial charge in [0.25, 0.3) is 10.2 Å². The van der Waals surface area contributed by atoms with Crippen LogP contribution in [-0.2, 0) is 16.8 Å². The molecule has 0 bridgehead atoms. The molecule has 0 aliphatic carbocycles. The van der Waals surface area contributed by atoms with Gasteiger partial charge in [-0.25, -0.2) is 14.2 Å². The Bertz CT molecular complexity index is 1020. The monoisotopic (exact) mass is 365 g/mol. The average Bonchev–Trinajstić information content (AvgIpc) is 2.96. The summed E-state index contributed by atoms with van der Waals surface area (Å²) in [5, 5.41) is 12.9. The molecule has 3 rings (SSSR count). The zero-order valence-electron chi connectivity index (χ0n) is 13.3. The van der Waals surface area contributed by atoms with Crippen molar-refractivity contribution in [3.05, 3.63) is 47.8 Å². The van der Waals surface area contributed by atoms with Gasteiger partial charge in [0.05, 0.1) is 12.1 Å². The van der Waals surface area contributed by atoms with Crippen molar-refractivity contribution in [2.45, 2.75) is 13.5 Å². The summed E-state index contributed by atoms with van der Waals surface area (Å²) in [4.78, 5) is 0. The van der Waals surface area contributed by atoms with Crippen molar-refractivity contribution in [1.29, 1.82) is 0 Å². The van der Waals surface area contributed by atoms with E-state index in [2.05, 4.69) is 15.0 Å². The van der Waals surface area contributed by atoms with Crippen LogP contribution in [0.3, 0.4) is 0 Å². The summed E-state index contributed by atoms with van der Waals surface area (Å²) >= 11 is 0. The second-order valence-corrected chi connectivity index (χ2v) is 6.62. The Kier molecular flexibility index (Phi) is 4.66. The van der Waals surface area contributed by atoms with Crippen molar-refractivity contribution in [1.82, 2.24) is 19.7 Å². The highest BCUT2D eigenvalue weighted by Crippen LogP contribution is 2.23. The van der Waals surface area contributed by atoms with Gasteiger partial charge < -0.3 is 4.74 Å². The maximum atomic E-state index is 14.4. The van der Waals surface area contributed by atoms with Crippen LogP contribution in [0.5, 0.6) is 5.75 Å². The van der Waals surface area contributed by atoms with E-state index >= 15 is 0 Å². The fourth-order valence-corrected chi connectivity index (χ4v) is 2.72. The molecule has 0 atom stereocenters. The Balaban J connectivity index is 1.92. The van der Waals surface area contributed by atoms with Gasteiger partial charge in [-0.2, -0.15) is 13.1 Å². The van der Waals surface area contributed by atoms with E-state index in [1.54, 1.807) is 24.3 Å². The van der Waals surface area contributed by atoms with Crippen LogP contribution < -0.4 is 14.6 Å². The Morgan fingerprint density at radius 2 is 2.08 bits per heavy atom. The van der Waals surface area contributed by atoms with Crippen molar-refractivity contribution in [3.8, 4) is 11.4 Å². The number of nitrogens with zero attached hydrogens (tertiary/aromatic N) is 3. The van der Waals surface area contributed by atoms with Gasteiger partial charge in [0.1, 0.15) is 22.8 Å². The predicted molar refractivity (Wildman–Crippen MR) is 89.9 cm³/mol. The Hall–Kier alpha value is -2.56. The fourth-order valence-electron chi connectivity index (χ4n) is 2.35. The van der Waals surface area contributed by atoms with Crippen LogP contribution in [0.2, 0.25) is 0 Å². The predicted octanol–water partition coefficient (Wildman–Crippen LogP) is 1.25. The van der Waals surface area contributed by atoms with Gasteiger partial charge in [-0.1, -0.05) is 11.3 Å². The third kappa shape index (κ3) is 3.92. The molecule has 0 fully saturated rings.